The summed E-state index contributed by atoms with van der Waals surface area (Å²) < 4.78 is 0. The minimum absolute atomic E-state index is 0.155. The van der Waals surface area contributed by atoms with Gasteiger partial charge in [-0.2, -0.15) is 5.10 Å². The van der Waals surface area contributed by atoms with Crippen molar-refractivity contribution in [2.24, 2.45) is 5.73 Å². The van der Waals surface area contributed by atoms with E-state index >= 15 is 0 Å². The molecule has 1 amide bonds. The van der Waals surface area contributed by atoms with Gasteiger partial charge in [-0.25, -0.2) is 5.10 Å². The van der Waals surface area contributed by atoms with E-state index in [4.69, 9.17) is 18.0 Å². The van der Waals surface area contributed by atoms with Crippen molar-refractivity contribution in [3.05, 3.63) is 28.2 Å². The van der Waals surface area contributed by atoms with Gasteiger partial charge in [0.05, 0.1) is 11.5 Å². The monoisotopic (exact) mass is 280 g/mol. The van der Waals surface area contributed by atoms with Crippen molar-refractivity contribution in [3.8, 4) is 0 Å². The second-order valence-corrected chi connectivity index (χ2v) is 5.17. The lowest BCUT2D eigenvalue weighted by atomic mass is 10.2. The molecule has 1 aliphatic rings. The number of H-pyrrole nitrogens is 1. The maximum Gasteiger partial charge on any atom is 0.274 e. The van der Waals surface area contributed by atoms with Crippen LogP contribution in [0.25, 0.3) is 0 Å². The zero-order chi connectivity index (χ0) is 13.8. The van der Waals surface area contributed by atoms with Crippen molar-refractivity contribution >= 4 is 23.1 Å². The first-order valence-corrected chi connectivity index (χ1v) is 6.64. The molecule has 0 unspecified atom stereocenters. The van der Waals surface area contributed by atoms with E-state index in [1.807, 2.05) is 0 Å². The molecule has 0 bridgehead atoms. The predicted molar refractivity (Wildman–Crippen MR) is 74.9 cm³/mol. The van der Waals surface area contributed by atoms with Crippen LogP contribution in [-0.4, -0.2) is 38.6 Å². The number of hydrogen-bond donors (Lipinski definition) is 2. The highest BCUT2D eigenvalue weighted by atomic mass is 32.1. The second-order valence-electron chi connectivity index (χ2n) is 4.64. The normalized spacial score (nSPS) is 15.4. The maximum absolute atomic E-state index is 12.4. The molecule has 2 rings (SSSR count). The Morgan fingerprint density at radius 1 is 1.47 bits per heavy atom. The summed E-state index contributed by atoms with van der Waals surface area (Å²) in [4.78, 5) is 25.3. The molecule has 0 saturated heterocycles. The first-order valence-electron chi connectivity index (χ1n) is 6.23. The van der Waals surface area contributed by atoms with Crippen molar-refractivity contribution in [2.45, 2.75) is 31.7 Å². The van der Waals surface area contributed by atoms with Crippen molar-refractivity contribution in [1.29, 1.82) is 0 Å². The summed E-state index contributed by atoms with van der Waals surface area (Å²) >= 11 is 4.90. The molecule has 7 heteroatoms. The molecule has 1 aliphatic carbocycles. The molecule has 1 heterocycles. The Morgan fingerprint density at radius 3 is 2.68 bits per heavy atom. The highest BCUT2D eigenvalue weighted by Gasteiger charge is 2.28. The lowest BCUT2D eigenvalue weighted by Crippen LogP contribution is -2.44. The standard InChI is InChI=1S/C12H16N4O2S/c13-10(19)7-16(8-3-1-2-4-8)12(18)9-5-6-11(17)15-14-9/h5-6,8H,1-4,7H2,(H2,13,19)(H,15,17). The second kappa shape index (κ2) is 5.92. The van der Waals surface area contributed by atoms with Crippen molar-refractivity contribution in [2.75, 3.05) is 6.54 Å². The van der Waals surface area contributed by atoms with E-state index in [0.29, 0.717) is 0 Å². The van der Waals surface area contributed by atoms with Crippen LogP contribution in [0.2, 0.25) is 0 Å². The number of nitrogens with zero attached hydrogens (tertiary/aromatic N) is 2. The van der Waals surface area contributed by atoms with Crippen LogP contribution in [0, 0.1) is 0 Å². The highest BCUT2D eigenvalue weighted by Crippen LogP contribution is 2.24. The smallest absolute Gasteiger partial charge is 0.274 e. The lowest BCUT2D eigenvalue weighted by Gasteiger charge is -2.28. The summed E-state index contributed by atoms with van der Waals surface area (Å²) in [6.07, 6.45) is 4.12. The third-order valence-electron chi connectivity index (χ3n) is 3.25. The Bertz CT molecular complexity index is 516. The van der Waals surface area contributed by atoms with Crippen LogP contribution in [0.1, 0.15) is 36.2 Å². The van der Waals surface area contributed by atoms with E-state index in [-0.39, 0.29) is 34.7 Å². The number of carbonyl (C=O) groups is 1. The molecule has 1 aromatic rings. The van der Waals surface area contributed by atoms with Gasteiger partial charge in [0.15, 0.2) is 0 Å². The van der Waals surface area contributed by atoms with Crippen molar-refractivity contribution < 1.29 is 4.79 Å². The Hall–Kier alpha value is -1.76. The van der Waals surface area contributed by atoms with Crippen LogP contribution in [0.15, 0.2) is 16.9 Å². The molecule has 0 aromatic carbocycles. The van der Waals surface area contributed by atoms with Gasteiger partial charge in [-0.1, -0.05) is 25.1 Å². The molecular formula is C12H16N4O2S. The van der Waals surface area contributed by atoms with Gasteiger partial charge in [0.2, 0.25) is 0 Å². The molecule has 0 aliphatic heterocycles. The summed E-state index contributed by atoms with van der Waals surface area (Å²) in [5.41, 5.74) is 5.44. The quantitative estimate of drug-likeness (QED) is 0.781. The van der Waals surface area contributed by atoms with E-state index in [9.17, 15) is 9.59 Å². The van der Waals surface area contributed by atoms with E-state index in [2.05, 4.69) is 10.2 Å². The largest absolute Gasteiger partial charge is 0.392 e. The molecule has 3 N–H and O–H groups in total. The number of aromatic nitrogens is 2. The van der Waals surface area contributed by atoms with Crippen LogP contribution in [-0.2, 0) is 0 Å². The average molecular weight is 280 g/mol. The maximum atomic E-state index is 12.4. The number of amides is 1. The number of hydrogen-bond acceptors (Lipinski definition) is 4. The Kier molecular flexibility index (Phi) is 4.26. The minimum atomic E-state index is -0.335. The zero-order valence-corrected chi connectivity index (χ0v) is 11.3. The van der Waals surface area contributed by atoms with E-state index in [1.54, 1.807) is 4.90 Å². The summed E-state index contributed by atoms with van der Waals surface area (Å²) in [5.74, 6) is -0.240. The van der Waals surface area contributed by atoms with Crippen molar-refractivity contribution in [3.63, 3.8) is 0 Å². The third kappa shape index (κ3) is 3.37. The summed E-state index contributed by atoms with van der Waals surface area (Å²) in [7, 11) is 0. The number of nitrogens with one attached hydrogen (secondary N) is 1. The molecule has 1 fully saturated rings. The van der Waals surface area contributed by atoms with Crippen LogP contribution in [0.4, 0.5) is 0 Å². The van der Waals surface area contributed by atoms with Gasteiger partial charge in [-0.15, -0.1) is 0 Å². The fourth-order valence-corrected chi connectivity index (χ4v) is 2.50. The number of carbonyl (C=O) groups excluding carboxylic acids is 1. The topological polar surface area (TPSA) is 92.1 Å². The molecule has 0 atom stereocenters. The first kappa shape index (κ1) is 13.7. The fourth-order valence-electron chi connectivity index (χ4n) is 2.36. The summed E-state index contributed by atoms with van der Waals surface area (Å²) in [6, 6.07) is 2.86. The number of aromatic amines is 1. The summed E-state index contributed by atoms with van der Waals surface area (Å²) in [6.45, 7) is 0.250. The minimum Gasteiger partial charge on any atom is -0.392 e. The predicted octanol–water partition coefficient (Wildman–Crippen LogP) is 0.441. The number of thiocarbonyl (C=S) groups is 1. The molecule has 19 heavy (non-hydrogen) atoms. The Labute approximate surface area is 116 Å². The molecule has 6 nitrogen and oxygen atoms in total. The first-order chi connectivity index (χ1) is 9.08. The van der Waals surface area contributed by atoms with Gasteiger partial charge < -0.3 is 10.6 Å². The van der Waals surface area contributed by atoms with E-state index in [1.165, 1.54) is 12.1 Å². The average Bonchev–Trinajstić information content (AvgIpc) is 2.89. The number of rotatable bonds is 4. The molecule has 1 saturated carbocycles. The van der Waals surface area contributed by atoms with Crippen LogP contribution in [0.5, 0.6) is 0 Å². The fraction of sp³-hybridized carbons (Fsp3) is 0.500. The molecule has 102 valence electrons. The van der Waals surface area contributed by atoms with Crippen LogP contribution >= 0.6 is 12.2 Å². The lowest BCUT2D eigenvalue weighted by molar-refractivity contribution is 0.0707. The van der Waals surface area contributed by atoms with E-state index < -0.39 is 0 Å². The summed E-state index contributed by atoms with van der Waals surface area (Å²) in [5, 5.41) is 6.03. The molecule has 0 radical (unpaired) electrons. The van der Waals surface area contributed by atoms with Crippen LogP contribution in [0.3, 0.4) is 0 Å². The SMILES string of the molecule is NC(=S)CN(C(=O)c1ccc(=O)[nH]n1)C1CCCC1. The highest BCUT2D eigenvalue weighted by molar-refractivity contribution is 7.80. The van der Waals surface area contributed by atoms with Gasteiger partial charge in [0.25, 0.3) is 11.5 Å². The van der Waals surface area contributed by atoms with Gasteiger partial charge in [-0.3, -0.25) is 9.59 Å². The van der Waals surface area contributed by atoms with E-state index in [0.717, 1.165) is 25.7 Å². The van der Waals surface area contributed by atoms with Gasteiger partial charge in [-0.05, 0) is 18.9 Å². The van der Waals surface area contributed by atoms with Gasteiger partial charge >= 0.3 is 0 Å². The number of nitrogens with two attached hydrogens (primary N) is 1. The third-order valence-corrected chi connectivity index (χ3v) is 3.38. The Balaban J connectivity index is 2.21. The zero-order valence-electron chi connectivity index (χ0n) is 10.5. The van der Waals surface area contributed by atoms with Gasteiger partial charge in [0.1, 0.15) is 5.69 Å². The van der Waals surface area contributed by atoms with Crippen molar-refractivity contribution in [1.82, 2.24) is 15.1 Å². The molecule has 1 aromatic heterocycles. The van der Waals surface area contributed by atoms with Crippen LogP contribution < -0.4 is 11.3 Å². The Morgan fingerprint density at radius 2 is 2.16 bits per heavy atom. The molecular weight excluding hydrogens is 264 g/mol. The van der Waals surface area contributed by atoms with Gasteiger partial charge in [0, 0.05) is 12.1 Å². The molecule has 0 spiro atoms.